The van der Waals surface area contributed by atoms with Crippen molar-refractivity contribution in [2.24, 2.45) is 10.9 Å². The van der Waals surface area contributed by atoms with Crippen LogP contribution in [-0.4, -0.2) is 66.1 Å². The number of anilines is 1. The van der Waals surface area contributed by atoms with E-state index in [1.165, 1.54) is 10.8 Å². The van der Waals surface area contributed by atoms with Crippen molar-refractivity contribution in [3.8, 4) is 0 Å². The molecule has 0 saturated heterocycles. The summed E-state index contributed by atoms with van der Waals surface area (Å²) in [6.07, 6.45) is 4.71. The number of hydrogen-bond acceptors (Lipinski definition) is 5. The highest BCUT2D eigenvalue weighted by molar-refractivity contribution is 6.16. The van der Waals surface area contributed by atoms with Gasteiger partial charge in [0.15, 0.2) is 12.5 Å². The van der Waals surface area contributed by atoms with Crippen LogP contribution in [0.2, 0.25) is 0 Å². The van der Waals surface area contributed by atoms with E-state index in [0.717, 1.165) is 29.0 Å². The second kappa shape index (κ2) is 7.62. The monoisotopic (exact) mass is 395 g/mol. The minimum Gasteiger partial charge on any atom is -0.496 e. The summed E-state index contributed by atoms with van der Waals surface area (Å²) < 4.78 is 7.04. The van der Waals surface area contributed by atoms with E-state index in [2.05, 4.69) is 4.99 Å². The molecule has 1 unspecified atom stereocenters. The molecule has 4 amide bonds. The quantitative estimate of drug-likeness (QED) is 0.709. The fourth-order valence-electron chi connectivity index (χ4n) is 3.84. The van der Waals surface area contributed by atoms with Crippen LogP contribution in [0.25, 0.3) is 0 Å². The SMILES string of the molecule is CCCOC1=CC=NC2=[N+](C)C(=O)N(CC(=O)N3CCc4ccccc43)C(=O)C12. The van der Waals surface area contributed by atoms with Crippen molar-refractivity contribution in [3.05, 3.63) is 41.7 Å². The van der Waals surface area contributed by atoms with Crippen LogP contribution in [0, 0.1) is 5.92 Å². The molecule has 0 radical (unpaired) electrons. The summed E-state index contributed by atoms with van der Waals surface area (Å²) in [6.45, 7) is 2.65. The normalized spacial score (nSPS) is 20.6. The predicted molar refractivity (Wildman–Crippen MR) is 107 cm³/mol. The van der Waals surface area contributed by atoms with Crippen LogP contribution in [0.4, 0.5) is 10.5 Å². The number of amidine groups is 1. The Bertz CT molecular complexity index is 979. The number of fused-ring (bicyclic) bond motifs is 2. The van der Waals surface area contributed by atoms with Gasteiger partial charge < -0.3 is 9.64 Å². The molecular weight excluding hydrogens is 372 g/mol. The summed E-state index contributed by atoms with van der Waals surface area (Å²) in [6, 6.07) is 7.12. The van der Waals surface area contributed by atoms with Crippen molar-refractivity contribution in [1.29, 1.82) is 0 Å². The van der Waals surface area contributed by atoms with E-state index in [1.54, 1.807) is 18.0 Å². The number of carbonyl (C=O) groups excluding carboxylic acids is 3. The first-order valence-corrected chi connectivity index (χ1v) is 9.74. The number of ether oxygens (including phenoxy) is 1. The van der Waals surface area contributed by atoms with Crippen LogP contribution in [0.15, 0.2) is 41.1 Å². The van der Waals surface area contributed by atoms with E-state index in [9.17, 15) is 14.4 Å². The van der Waals surface area contributed by atoms with E-state index in [-0.39, 0.29) is 12.5 Å². The van der Waals surface area contributed by atoms with Crippen LogP contribution in [-0.2, 0) is 20.7 Å². The van der Waals surface area contributed by atoms with E-state index in [1.807, 2.05) is 31.2 Å². The highest BCUT2D eigenvalue weighted by atomic mass is 16.5. The van der Waals surface area contributed by atoms with Crippen molar-refractivity contribution in [2.45, 2.75) is 19.8 Å². The van der Waals surface area contributed by atoms with Crippen molar-refractivity contribution < 1.29 is 23.7 Å². The van der Waals surface area contributed by atoms with Gasteiger partial charge in [-0.3, -0.25) is 9.59 Å². The second-order valence-electron chi connectivity index (χ2n) is 7.18. The average molecular weight is 395 g/mol. The molecule has 0 aliphatic carbocycles. The molecule has 3 aliphatic rings. The summed E-state index contributed by atoms with van der Waals surface area (Å²) in [4.78, 5) is 45.8. The van der Waals surface area contributed by atoms with Crippen LogP contribution in [0.3, 0.4) is 0 Å². The van der Waals surface area contributed by atoms with Gasteiger partial charge in [-0.05, 0) is 24.5 Å². The maximum Gasteiger partial charge on any atom is 0.446 e. The van der Waals surface area contributed by atoms with E-state index in [4.69, 9.17) is 4.74 Å². The first kappa shape index (κ1) is 19.0. The zero-order valence-corrected chi connectivity index (χ0v) is 16.5. The lowest BCUT2D eigenvalue weighted by molar-refractivity contribution is -0.408. The van der Waals surface area contributed by atoms with Crippen molar-refractivity contribution in [2.75, 3.05) is 31.6 Å². The smallest absolute Gasteiger partial charge is 0.446 e. The molecule has 29 heavy (non-hydrogen) atoms. The Morgan fingerprint density at radius 3 is 2.90 bits per heavy atom. The van der Waals surface area contributed by atoms with Crippen molar-refractivity contribution >= 4 is 35.6 Å². The minimum atomic E-state index is -0.812. The van der Waals surface area contributed by atoms with Gasteiger partial charge in [-0.1, -0.05) is 25.1 Å². The fourth-order valence-corrected chi connectivity index (χ4v) is 3.84. The first-order valence-electron chi connectivity index (χ1n) is 9.74. The molecule has 8 heteroatoms. The number of allylic oxidation sites excluding steroid dienone is 1. The van der Waals surface area contributed by atoms with Gasteiger partial charge in [0.05, 0.1) is 13.7 Å². The lowest BCUT2D eigenvalue weighted by atomic mass is 9.99. The van der Waals surface area contributed by atoms with Crippen molar-refractivity contribution in [1.82, 2.24) is 4.90 Å². The van der Waals surface area contributed by atoms with Crippen LogP contribution < -0.4 is 4.90 Å². The Labute approximate surface area is 168 Å². The summed E-state index contributed by atoms with van der Waals surface area (Å²) in [7, 11) is 1.56. The lowest BCUT2D eigenvalue weighted by Crippen LogP contribution is -2.57. The number of aliphatic imine (C=N–C) groups is 1. The Morgan fingerprint density at radius 2 is 2.10 bits per heavy atom. The van der Waals surface area contributed by atoms with Crippen LogP contribution in [0.1, 0.15) is 18.9 Å². The number of benzene rings is 1. The standard InChI is InChI=1S/C21H23N4O4/c1-3-12-29-16-8-10-22-19-18(16)20(27)25(21(28)23(19)2)13-17(26)24-11-9-14-6-4-5-7-15(14)24/h4-8,10,18H,3,9,11-13H2,1-2H3/q+1. The minimum absolute atomic E-state index is 0.284. The predicted octanol–water partition coefficient (Wildman–Crippen LogP) is 1.59. The number of rotatable bonds is 5. The third-order valence-electron chi connectivity index (χ3n) is 5.32. The number of urea groups is 1. The molecule has 0 N–H and O–H groups in total. The average Bonchev–Trinajstić information content (AvgIpc) is 3.17. The molecule has 0 aromatic heterocycles. The zero-order valence-electron chi connectivity index (χ0n) is 16.5. The Hall–Kier alpha value is -3.29. The number of para-hydroxylation sites is 1. The second-order valence-corrected chi connectivity index (χ2v) is 7.18. The van der Waals surface area contributed by atoms with Gasteiger partial charge in [0, 0.05) is 18.3 Å². The summed E-state index contributed by atoms with van der Waals surface area (Å²) in [5.74, 6) is -0.808. The fraction of sp³-hybridized carbons (Fsp3) is 0.381. The maximum absolute atomic E-state index is 13.2. The number of hydrogen-bond donors (Lipinski definition) is 0. The third-order valence-corrected chi connectivity index (χ3v) is 5.32. The third kappa shape index (κ3) is 3.24. The molecule has 4 rings (SSSR count). The molecule has 1 aromatic carbocycles. The molecule has 0 saturated carbocycles. The van der Waals surface area contributed by atoms with Gasteiger partial charge in [-0.25, -0.2) is 4.79 Å². The Balaban J connectivity index is 1.59. The van der Waals surface area contributed by atoms with Gasteiger partial charge in [-0.2, -0.15) is 9.48 Å². The molecule has 0 bridgehead atoms. The van der Waals surface area contributed by atoms with Crippen LogP contribution >= 0.6 is 0 Å². The van der Waals surface area contributed by atoms with E-state index in [0.29, 0.717) is 24.7 Å². The molecule has 3 heterocycles. The van der Waals surface area contributed by atoms with Gasteiger partial charge >= 0.3 is 11.9 Å². The molecule has 8 nitrogen and oxygen atoms in total. The van der Waals surface area contributed by atoms with Gasteiger partial charge in [-0.15, -0.1) is 4.99 Å². The molecule has 0 fully saturated rings. The zero-order chi connectivity index (χ0) is 20.5. The summed E-state index contributed by atoms with van der Waals surface area (Å²) in [5.41, 5.74) is 1.92. The highest BCUT2D eigenvalue weighted by Crippen LogP contribution is 2.29. The molecule has 1 atom stereocenters. The first-order chi connectivity index (χ1) is 14.0. The summed E-state index contributed by atoms with van der Waals surface area (Å²) in [5, 5.41) is 0. The maximum atomic E-state index is 13.2. The van der Waals surface area contributed by atoms with Crippen LogP contribution in [0.5, 0.6) is 0 Å². The van der Waals surface area contributed by atoms with Gasteiger partial charge in [0.2, 0.25) is 0 Å². The largest absolute Gasteiger partial charge is 0.496 e. The number of carbonyl (C=O) groups is 3. The highest BCUT2D eigenvalue weighted by Gasteiger charge is 2.50. The van der Waals surface area contributed by atoms with Crippen molar-refractivity contribution in [3.63, 3.8) is 0 Å². The Kier molecular flexibility index (Phi) is 5.00. The van der Waals surface area contributed by atoms with Gasteiger partial charge in [0.25, 0.3) is 11.7 Å². The molecular formula is C21H23N4O4+. The lowest BCUT2D eigenvalue weighted by Gasteiger charge is -2.29. The molecule has 1 aromatic rings. The number of dihydropyridines is 1. The molecule has 0 spiro atoms. The molecule has 3 aliphatic heterocycles. The summed E-state index contributed by atoms with van der Waals surface area (Å²) >= 11 is 0. The Morgan fingerprint density at radius 1 is 1.31 bits per heavy atom. The topological polar surface area (TPSA) is 82.3 Å². The van der Waals surface area contributed by atoms with E-state index < -0.39 is 17.9 Å². The number of imide groups is 1. The number of amides is 4. The van der Waals surface area contributed by atoms with Gasteiger partial charge in [0.1, 0.15) is 12.0 Å². The molecule has 150 valence electrons. The number of nitrogens with zero attached hydrogens (tertiary/aromatic N) is 4. The van der Waals surface area contributed by atoms with E-state index >= 15 is 0 Å².